The van der Waals surface area contributed by atoms with Gasteiger partial charge in [0.1, 0.15) is 5.82 Å². The Morgan fingerprint density at radius 1 is 1.05 bits per heavy atom. The minimum atomic E-state index is -0.261. The van der Waals surface area contributed by atoms with Crippen LogP contribution in [0.1, 0.15) is 63.0 Å². The van der Waals surface area contributed by atoms with Crippen molar-refractivity contribution in [3.05, 3.63) is 40.2 Å². The second kappa shape index (κ2) is 6.74. The fraction of sp³-hybridized carbons (Fsp3) is 0.600. The molecule has 0 N–H and O–H groups in total. The summed E-state index contributed by atoms with van der Waals surface area (Å²) in [5.74, 6) is 2.38. The van der Waals surface area contributed by atoms with E-state index in [-0.39, 0.29) is 5.82 Å². The van der Waals surface area contributed by atoms with E-state index in [4.69, 9.17) is 11.6 Å². The maximum absolute atomic E-state index is 14.0. The molecule has 1 aromatic carbocycles. The van der Waals surface area contributed by atoms with Crippen LogP contribution >= 0.6 is 11.6 Å². The third kappa shape index (κ3) is 3.25. The molecule has 2 aliphatic carbocycles. The average Bonchev–Trinajstić information content (AvgIpc) is 2.54. The Bertz CT molecular complexity index is 567. The summed E-state index contributed by atoms with van der Waals surface area (Å²) in [6.07, 6.45) is 11.3. The molecule has 0 aromatic heterocycles. The van der Waals surface area contributed by atoms with Crippen LogP contribution in [0.25, 0.3) is 5.57 Å². The summed E-state index contributed by atoms with van der Waals surface area (Å²) in [4.78, 5) is 0. The SMILES string of the molecule is Cc1ccc(C2=CCC(C3CCC(C)CC3)CC2)c(Cl)c1F. The zero-order valence-corrected chi connectivity index (χ0v) is 14.4. The van der Waals surface area contributed by atoms with Crippen molar-refractivity contribution in [1.29, 1.82) is 0 Å². The topological polar surface area (TPSA) is 0 Å². The summed E-state index contributed by atoms with van der Waals surface area (Å²) >= 11 is 6.22. The normalized spacial score (nSPS) is 29.3. The maximum Gasteiger partial charge on any atom is 0.145 e. The van der Waals surface area contributed by atoms with Gasteiger partial charge in [0.25, 0.3) is 0 Å². The third-order valence-electron chi connectivity index (χ3n) is 5.80. The minimum absolute atomic E-state index is 0.261. The van der Waals surface area contributed by atoms with Crippen LogP contribution in [0.5, 0.6) is 0 Å². The Morgan fingerprint density at radius 3 is 2.41 bits per heavy atom. The molecule has 0 amide bonds. The number of hydrogen-bond acceptors (Lipinski definition) is 0. The van der Waals surface area contributed by atoms with Crippen molar-refractivity contribution in [1.82, 2.24) is 0 Å². The summed E-state index contributed by atoms with van der Waals surface area (Å²) in [5.41, 5.74) is 2.77. The number of aryl methyl sites for hydroxylation is 1. The molecule has 1 aromatic rings. The van der Waals surface area contributed by atoms with E-state index in [1.807, 2.05) is 12.1 Å². The van der Waals surface area contributed by atoms with E-state index in [1.165, 1.54) is 37.7 Å². The second-order valence-electron chi connectivity index (χ2n) is 7.34. The van der Waals surface area contributed by atoms with Gasteiger partial charge in [-0.15, -0.1) is 0 Å². The highest BCUT2D eigenvalue weighted by atomic mass is 35.5. The quantitative estimate of drug-likeness (QED) is 0.562. The van der Waals surface area contributed by atoms with Crippen molar-refractivity contribution in [3.63, 3.8) is 0 Å². The summed E-state index contributed by atoms with van der Waals surface area (Å²) in [6, 6.07) is 3.82. The van der Waals surface area contributed by atoms with E-state index in [2.05, 4.69) is 13.0 Å². The highest BCUT2D eigenvalue weighted by Crippen LogP contribution is 2.42. The zero-order chi connectivity index (χ0) is 15.7. The molecule has 0 radical (unpaired) electrons. The van der Waals surface area contributed by atoms with Crippen LogP contribution in [-0.2, 0) is 0 Å². The van der Waals surface area contributed by atoms with Crippen molar-refractivity contribution in [2.75, 3.05) is 0 Å². The molecule has 0 bridgehead atoms. The first kappa shape index (κ1) is 16.1. The summed E-state index contributed by atoms with van der Waals surface area (Å²) in [6.45, 7) is 4.14. The van der Waals surface area contributed by atoms with Crippen molar-refractivity contribution in [3.8, 4) is 0 Å². The van der Waals surface area contributed by atoms with Gasteiger partial charge in [-0.25, -0.2) is 4.39 Å². The lowest BCUT2D eigenvalue weighted by Gasteiger charge is -2.34. The Hall–Kier alpha value is -0.820. The molecular formula is C20H26ClF. The Labute approximate surface area is 138 Å². The number of hydrogen-bond donors (Lipinski definition) is 0. The fourth-order valence-corrected chi connectivity index (χ4v) is 4.51. The predicted molar refractivity (Wildman–Crippen MR) is 92.6 cm³/mol. The Morgan fingerprint density at radius 2 is 1.77 bits per heavy atom. The van der Waals surface area contributed by atoms with Crippen LogP contribution in [0.15, 0.2) is 18.2 Å². The van der Waals surface area contributed by atoms with Crippen LogP contribution in [0.3, 0.4) is 0 Å². The molecule has 2 aliphatic rings. The van der Waals surface area contributed by atoms with Crippen LogP contribution in [-0.4, -0.2) is 0 Å². The first-order valence-corrected chi connectivity index (χ1v) is 9.08. The summed E-state index contributed by atoms with van der Waals surface area (Å²) in [7, 11) is 0. The molecule has 3 rings (SSSR count). The molecule has 2 heteroatoms. The van der Waals surface area contributed by atoms with Gasteiger partial charge in [-0.1, -0.05) is 49.6 Å². The number of rotatable bonds is 2. The van der Waals surface area contributed by atoms with Crippen molar-refractivity contribution < 1.29 is 4.39 Å². The van der Waals surface area contributed by atoms with Crippen LogP contribution in [0, 0.1) is 30.5 Å². The number of allylic oxidation sites excluding steroid dienone is 2. The standard InChI is InChI=1S/C20H26ClF/c1-13-3-6-15(7-4-13)16-8-10-17(11-9-16)18-12-5-14(2)20(22)19(18)21/h5,10,12-13,15-16H,3-4,6-9,11H2,1-2H3. The second-order valence-corrected chi connectivity index (χ2v) is 7.72. The van der Waals surface area contributed by atoms with E-state index in [1.54, 1.807) is 6.92 Å². The van der Waals surface area contributed by atoms with Gasteiger partial charge >= 0.3 is 0 Å². The molecule has 1 fully saturated rings. The zero-order valence-electron chi connectivity index (χ0n) is 13.7. The lowest BCUT2D eigenvalue weighted by Crippen LogP contribution is -2.22. The van der Waals surface area contributed by atoms with E-state index in [0.717, 1.165) is 36.2 Å². The lowest BCUT2D eigenvalue weighted by atomic mass is 9.71. The lowest BCUT2D eigenvalue weighted by molar-refractivity contribution is 0.202. The molecule has 0 spiro atoms. The molecule has 1 saturated carbocycles. The molecule has 0 aliphatic heterocycles. The summed E-state index contributed by atoms with van der Waals surface area (Å²) < 4.78 is 14.0. The average molecular weight is 321 g/mol. The van der Waals surface area contributed by atoms with Crippen molar-refractivity contribution >= 4 is 17.2 Å². The van der Waals surface area contributed by atoms with Crippen molar-refractivity contribution in [2.45, 2.75) is 58.8 Å². The first-order chi connectivity index (χ1) is 10.6. The molecule has 22 heavy (non-hydrogen) atoms. The smallest absolute Gasteiger partial charge is 0.145 e. The van der Waals surface area contributed by atoms with E-state index >= 15 is 0 Å². The van der Waals surface area contributed by atoms with Gasteiger partial charge in [0, 0.05) is 0 Å². The van der Waals surface area contributed by atoms with Crippen LogP contribution in [0.2, 0.25) is 5.02 Å². The van der Waals surface area contributed by atoms with Gasteiger partial charge in [-0.2, -0.15) is 0 Å². The maximum atomic E-state index is 14.0. The van der Waals surface area contributed by atoms with Gasteiger partial charge in [-0.3, -0.25) is 0 Å². The number of benzene rings is 1. The third-order valence-corrected chi connectivity index (χ3v) is 6.17. The predicted octanol–water partition coefficient (Wildman–Crippen LogP) is 6.80. The monoisotopic (exact) mass is 320 g/mol. The molecule has 1 unspecified atom stereocenters. The highest BCUT2D eigenvalue weighted by Gasteiger charge is 2.28. The molecule has 0 heterocycles. The van der Waals surface area contributed by atoms with E-state index in [0.29, 0.717) is 10.6 Å². The first-order valence-electron chi connectivity index (χ1n) is 8.70. The molecular weight excluding hydrogens is 295 g/mol. The highest BCUT2D eigenvalue weighted by molar-refractivity contribution is 6.32. The molecule has 1 atom stereocenters. The van der Waals surface area contributed by atoms with Gasteiger partial charge in [0.15, 0.2) is 0 Å². The van der Waals surface area contributed by atoms with Gasteiger partial charge in [0.05, 0.1) is 5.02 Å². The Kier molecular flexibility index (Phi) is 4.92. The minimum Gasteiger partial charge on any atom is -0.205 e. The van der Waals surface area contributed by atoms with Crippen molar-refractivity contribution in [2.24, 2.45) is 17.8 Å². The van der Waals surface area contributed by atoms with E-state index < -0.39 is 0 Å². The largest absolute Gasteiger partial charge is 0.205 e. The van der Waals surface area contributed by atoms with Crippen LogP contribution < -0.4 is 0 Å². The molecule has 120 valence electrons. The van der Waals surface area contributed by atoms with Gasteiger partial charge < -0.3 is 0 Å². The number of halogens is 2. The van der Waals surface area contributed by atoms with Crippen LogP contribution in [0.4, 0.5) is 4.39 Å². The Balaban J connectivity index is 1.70. The molecule has 0 nitrogen and oxygen atoms in total. The fourth-order valence-electron chi connectivity index (χ4n) is 4.18. The molecule has 0 saturated heterocycles. The van der Waals surface area contributed by atoms with Gasteiger partial charge in [0.2, 0.25) is 0 Å². The van der Waals surface area contributed by atoms with Gasteiger partial charge in [-0.05, 0) is 73.5 Å². The van der Waals surface area contributed by atoms with E-state index in [9.17, 15) is 4.39 Å². The summed E-state index contributed by atoms with van der Waals surface area (Å²) in [5, 5.41) is 0.302.